The van der Waals surface area contributed by atoms with Crippen molar-refractivity contribution in [2.75, 3.05) is 27.3 Å². The van der Waals surface area contributed by atoms with Crippen molar-refractivity contribution < 1.29 is 14.3 Å². The average molecular weight is 329 g/mol. The van der Waals surface area contributed by atoms with Gasteiger partial charge in [-0.05, 0) is 24.7 Å². The number of carbonyl (C=O) groups is 1. The van der Waals surface area contributed by atoms with Crippen LogP contribution in [0.4, 0.5) is 0 Å². The summed E-state index contributed by atoms with van der Waals surface area (Å²) in [5.41, 5.74) is 6.41. The molecule has 122 valence electrons. The molecular weight excluding hydrogens is 308 g/mol. The van der Waals surface area contributed by atoms with Gasteiger partial charge in [0.25, 0.3) is 5.91 Å². The van der Waals surface area contributed by atoms with Crippen molar-refractivity contribution in [2.24, 2.45) is 17.6 Å². The number of ether oxygens (including phenoxy) is 2. The van der Waals surface area contributed by atoms with Crippen LogP contribution in [0.2, 0.25) is 0 Å². The molecule has 1 aromatic rings. The first-order valence-electron chi connectivity index (χ1n) is 7.13. The van der Waals surface area contributed by atoms with Gasteiger partial charge in [-0.1, -0.05) is 0 Å². The molecule has 0 radical (unpaired) electrons. The Morgan fingerprint density at radius 1 is 1.23 bits per heavy atom. The zero-order valence-corrected chi connectivity index (χ0v) is 13.5. The normalized spacial score (nSPS) is 26.3. The standard InChI is InChI=1S/C14H20N4O3.ClH/c1-20-12-11(13(21-2)17-7-16-12)14(19)18-5-8-3-4-10(15)9(8)6-18;/h7-10H,3-6,15H2,1-2H3;1H. The molecule has 2 fully saturated rings. The monoisotopic (exact) mass is 328 g/mol. The molecule has 1 amide bonds. The topological polar surface area (TPSA) is 90.6 Å². The molecule has 8 heteroatoms. The number of carbonyl (C=O) groups excluding carboxylic acids is 1. The summed E-state index contributed by atoms with van der Waals surface area (Å²) in [5, 5.41) is 0. The molecule has 1 aromatic heterocycles. The maximum absolute atomic E-state index is 12.8. The van der Waals surface area contributed by atoms with E-state index in [1.54, 1.807) is 0 Å². The Hall–Kier alpha value is -1.60. The van der Waals surface area contributed by atoms with Crippen LogP contribution >= 0.6 is 12.4 Å². The van der Waals surface area contributed by atoms with Crippen molar-refractivity contribution >= 4 is 18.3 Å². The van der Waals surface area contributed by atoms with Crippen molar-refractivity contribution in [3.63, 3.8) is 0 Å². The second kappa shape index (κ2) is 6.66. The van der Waals surface area contributed by atoms with Gasteiger partial charge in [0, 0.05) is 19.1 Å². The molecule has 3 unspecified atom stereocenters. The van der Waals surface area contributed by atoms with E-state index in [-0.39, 0.29) is 41.7 Å². The molecule has 2 heterocycles. The Bertz CT molecular complexity index is 535. The quantitative estimate of drug-likeness (QED) is 0.879. The number of hydrogen-bond acceptors (Lipinski definition) is 6. The zero-order valence-electron chi connectivity index (χ0n) is 12.7. The molecule has 3 rings (SSSR count). The summed E-state index contributed by atoms with van der Waals surface area (Å²) in [6, 6.07) is 0.198. The van der Waals surface area contributed by atoms with Crippen molar-refractivity contribution in [2.45, 2.75) is 18.9 Å². The number of methoxy groups -OCH3 is 2. The third-order valence-electron chi connectivity index (χ3n) is 4.58. The van der Waals surface area contributed by atoms with Crippen LogP contribution in [0.5, 0.6) is 11.8 Å². The number of amides is 1. The number of nitrogens with zero attached hydrogens (tertiary/aromatic N) is 3. The lowest BCUT2D eigenvalue weighted by Crippen LogP contribution is -2.34. The summed E-state index contributed by atoms with van der Waals surface area (Å²) in [5.74, 6) is 1.24. The molecule has 22 heavy (non-hydrogen) atoms. The van der Waals surface area contributed by atoms with E-state index in [4.69, 9.17) is 15.2 Å². The summed E-state index contributed by atoms with van der Waals surface area (Å²) in [7, 11) is 2.96. The van der Waals surface area contributed by atoms with E-state index in [0.29, 0.717) is 18.4 Å². The number of likely N-dealkylation sites (tertiary alicyclic amines) is 1. The number of nitrogens with two attached hydrogens (primary N) is 1. The zero-order chi connectivity index (χ0) is 15.0. The van der Waals surface area contributed by atoms with Gasteiger partial charge in [-0.3, -0.25) is 4.79 Å². The number of aromatic nitrogens is 2. The lowest BCUT2D eigenvalue weighted by molar-refractivity contribution is 0.0770. The molecule has 1 saturated carbocycles. The van der Waals surface area contributed by atoms with Crippen LogP contribution in [0.15, 0.2) is 6.33 Å². The summed E-state index contributed by atoms with van der Waals surface area (Å²) < 4.78 is 10.4. The number of rotatable bonds is 3. The fourth-order valence-electron chi connectivity index (χ4n) is 3.48. The van der Waals surface area contributed by atoms with Gasteiger partial charge in [0.05, 0.1) is 14.2 Å². The fourth-order valence-corrected chi connectivity index (χ4v) is 3.48. The van der Waals surface area contributed by atoms with E-state index < -0.39 is 0 Å². The van der Waals surface area contributed by atoms with E-state index in [1.165, 1.54) is 20.5 Å². The molecule has 2 N–H and O–H groups in total. The third-order valence-corrected chi connectivity index (χ3v) is 4.58. The highest BCUT2D eigenvalue weighted by Gasteiger charge is 2.43. The van der Waals surface area contributed by atoms with Gasteiger partial charge in [-0.25, -0.2) is 9.97 Å². The molecule has 1 aliphatic heterocycles. The van der Waals surface area contributed by atoms with Gasteiger partial charge in [-0.15, -0.1) is 12.4 Å². The fraction of sp³-hybridized carbons (Fsp3) is 0.643. The maximum atomic E-state index is 12.8. The van der Waals surface area contributed by atoms with E-state index in [1.807, 2.05) is 4.90 Å². The molecule has 1 saturated heterocycles. The number of halogens is 1. The minimum absolute atomic E-state index is 0. The van der Waals surface area contributed by atoms with Gasteiger partial charge in [-0.2, -0.15) is 0 Å². The summed E-state index contributed by atoms with van der Waals surface area (Å²) in [4.78, 5) is 22.6. The average Bonchev–Trinajstić information content (AvgIpc) is 3.08. The first-order chi connectivity index (χ1) is 10.2. The molecule has 1 aliphatic carbocycles. The van der Waals surface area contributed by atoms with Crippen LogP contribution in [0, 0.1) is 11.8 Å². The van der Waals surface area contributed by atoms with E-state index in [9.17, 15) is 4.79 Å². The van der Waals surface area contributed by atoms with Crippen LogP contribution < -0.4 is 15.2 Å². The van der Waals surface area contributed by atoms with E-state index in [0.717, 1.165) is 19.4 Å². The van der Waals surface area contributed by atoms with Gasteiger partial charge in [0.15, 0.2) is 5.56 Å². The first kappa shape index (κ1) is 16.8. The highest BCUT2D eigenvalue weighted by atomic mass is 35.5. The molecule has 7 nitrogen and oxygen atoms in total. The Kier molecular flexibility index (Phi) is 5.08. The predicted molar refractivity (Wildman–Crippen MR) is 82.5 cm³/mol. The minimum Gasteiger partial charge on any atom is -0.480 e. The van der Waals surface area contributed by atoms with E-state index in [2.05, 4.69) is 9.97 Å². The van der Waals surface area contributed by atoms with Gasteiger partial charge >= 0.3 is 0 Å². The first-order valence-corrected chi connectivity index (χ1v) is 7.13. The lowest BCUT2D eigenvalue weighted by Gasteiger charge is -2.20. The smallest absolute Gasteiger partial charge is 0.264 e. The van der Waals surface area contributed by atoms with Gasteiger partial charge in [0.2, 0.25) is 11.8 Å². The van der Waals surface area contributed by atoms with Crippen molar-refractivity contribution in [3.8, 4) is 11.8 Å². The Labute approximate surface area is 135 Å². The van der Waals surface area contributed by atoms with E-state index >= 15 is 0 Å². The largest absolute Gasteiger partial charge is 0.480 e. The predicted octanol–water partition coefficient (Wildman–Crippen LogP) is 0.725. The van der Waals surface area contributed by atoms with Crippen LogP contribution in [0.25, 0.3) is 0 Å². The van der Waals surface area contributed by atoms with Crippen LogP contribution in [0.3, 0.4) is 0 Å². The maximum Gasteiger partial charge on any atom is 0.264 e. The molecule has 0 spiro atoms. The molecule has 0 bridgehead atoms. The van der Waals surface area contributed by atoms with Gasteiger partial charge in [0.1, 0.15) is 6.33 Å². The molecule has 0 aromatic carbocycles. The van der Waals surface area contributed by atoms with Crippen molar-refractivity contribution in [1.82, 2.24) is 14.9 Å². The van der Waals surface area contributed by atoms with Crippen molar-refractivity contribution in [1.29, 1.82) is 0 Å². The lowest BCUT2D eigenvalue weighted by atomic mass is 9.98. The number of fused-ring (bicyclic) bond motifs is 1. The molecule has 3 atom stereocenters. The Morgan fingerprint density at radius 3 is 2.41 bits per heavy atom. The third kappa shape index (κ3) is 2.70. The van der Waals surface area contributed by atoms with Crippen LogP contribution in [0.1, 0.15) is 23.2 Å². The second-order valence-electron chi connectivity index (χ2n) is 5.64. The summed E-state index contributed by atoms with van der Waals surface area (Å²) >= 11 is 0. The van der Waals surface area contributed by atoms with Crippen LogP contribution in [-0.4, -0.2) is 54.1 Å². The number of hydrogen-bond donors (Lipinski definition) is 1. The summed E-state index contributed by atoms with van der Waals surface area (Å²) in [6.07, 6.45) is 3.47. The summed E-state index contributed by atoms with van der Waals surface area (Å²) in [6.45, 7) is 1.42. The molecular formula is C14H21ClN4O3. The van der Waals surface area contributed by atoms with Crippen molar-refractivity contribution in [3.05, 3.63) is 11.9 Å². The highest BCUT2D eigenvalue weighted by Crippen LogP contribution is 2.38. The second-order valence-corrected chi connectivity index (χ2v) is 5.64. The SMILES string of the molecule is COc1ncnc(OC)c1C(=O)N1CC2CCC(N)C2C1.Cl. The minimum atomic E-state index is -0.147. The Balaban J connectivity index is 0.00000176. The molecule has 2 aliphatic rings. The van der Waals surface area contributed by atoms with Crippen LogP contribution in [-0.2, 0) is 0 Å². The highest BCUT2D eigenvalue weighted by molar-refractivity contribution is 5.98. The Morgan fingerprint density at radius 2 is 1.86 bits per heavy atom. The van der Waals surface area contributed by atoms with Gasteiger partial charge < -0.3 is 20.1 Å².